The van der Waals surface area contributed by atoms with Crippen LogP contribution >= 0.6 is 11.5 Å². The standard InChI is InChI=1S/C13H12N6OS/c14-18-15-7-9-6-11(20)19(8-9)13-16-12(21-17-13)10-4-2-1-3-5-10/h1-5,9H,6-8H2. The van der Waals surface area contributed by atoms with Crippen molar-refractivity contribution in [2.45, 2.75) is 6.42 Å². The number of azide groups is 1. The largest absolute Gasteiger partial charge is 0.280 e. The van der Waals surface area contributed by atoms with E-state index in [9.17, 15) is 4.79 Å². The van der Waals surface area contributed by atoms with Crippen molar-refractivity contribution in [1.82, 2.24) is 9.36 Å². The van der Waals surface area contributed by atoms with E-state index in [0.717, 1.165) is 10.6 Å². The van der Waals surface area contributed by atoms with Gasteiger partial charge in [-0.3, -0.25) is 9.69 Å². The molecule has 3 rings (SSSR count). The quantitative estimate of drug-likeness (QED) is 0.493. The molecule has 0 N–H and O–H groups in total. The van der Waals surface area contributed by atoms with Gasteiger partial charge in [0.1, 0.15) is 5.01 Å². The molecule has 1 saturated heterocycles. The van der Waals surface area contributed by atoms with Crippen LogP contribution in [0.4, 0.5) is 5.95 Å². The Kier molecular flexibility index (Phi) is 3.81. The van der Waals surface area contributed by atoms with Gasteiger partial charge in [-0.05, 0) is 23.0 Å². The fourth-order valence-electron chi connectivity index (χ4n) is 2.27. The molecule has 21 heavy (non-hydrogen) atoms. The molecule has 2 aromatic rings. The molecule has 0 radical (unpaired) electrons. The molecule has 1 aliphatic heterocycles. The van der Waals surface area contributed by atoms with Gasteiger partial charge in [-0.2, -0.15) is 9.36 Å². The van der Waals surface area contributed by atoms with Crippen molar-refractivity contribution in [1.29, 1.82) is 0 Å². The molecule has 0 aliphatic carbocycles. The molecule has 2 heterocycles. The van der Waals surface area contributed by atoms with Crippen LogP contribution in [-0.2, 0) is 4.79 Å². The van der Waals surface area contributed by atoms with E-state index in [1.807, 2.05) is 30.3 Å². The van der Waals surface area contributed by atoms with Crippen LogP contribution in [0.2, 0.25) is 0 Å². The lowest BCUT2D eigenvalue weighted by molar-refractivity contribution is -0.117. The fraction of sp³-hybridized carbons (Fsp3) is 0.308. The van der Waals surface area contributed by atoms with Crippen LogP contribution in [0.25, 0.3) is 21.0 Å². The minimum absolute atomic E-state index is 0.0226. The Bertz CT molecular complexity index is 694. The molecule has 1 aromatic carbocycles. The van der Waals surface area contributed by atoms with E-state index in [4.69, 9.17) is 5.53 Å². The maximum Gasteiger partial charge on any atom is 0.244 e. The van der Waals surface area contributed by atoms with Gasteiger partial charge in [0.05, 0.1) is 0 Å². The molecular formula is C13H12N6OS. The highest BCUT2D eigenvalue weighted by Gasteiger charge is 2.32. The van der Waals surface area contributed by atoms with E-state index in [0.29, 0.717) is 25.5 Å². The first kappa shape index (κ1) is 13.5. The zero-order valence-electron chi connectivity index (χ0n) is 11.1. The molecule has 1 aromatic heterocycles. The molecule has 0 saturated carbocycles. The number of hydrogen-bond acceptors (Lipinski definition) is 5. The number of carbonyl (C=O) groups is 1. The Morgan fingerprint density at radius 3 is 3.00 bits per heavy atom. The summed E-state index contributed by atoms with van der Waals surface area (Å²) in [5.74, 6) is 0.454. The van der Waals surface area contributed by atoms with Crippen LogP contribution < -0.4 is 4.90 Å². The van der Waals surface area contributed by atoms with E-state index in [2.05, 4.69) is 19.4 Å². The zero-order chi connectivity index (χ0) is 14.7. The number of hydrogen-bond donors (Lipinski definition) is 0. The van der Waals surface area contributed by atoms with Gasteiger partial charge in [0, 0.05) is 30.0 Å². The van der Waals surface area contributed by atoms with Crippen molar-refractivity contribution in [2.75, 3.05) is 18.0 Å². The van der Waals surface area contributed by atoms with Gasteiger partial charge < -0.3 is 0 Å². The topological polar surface area (TPSA) is 94.9 Å². The summed E-state index contributed by atoms with van der Waals surface area (Å²) < 4.78 is 4.27. The molecular weight excluding hydrogens is 288 g/mol. The number of carbonyl (C=O) groups excluding carboxylic acids is 1. The van der Waals surface area contributed by atoms with Crippen molar-refractivity contribution in [2.24, 2.45) is 11.0 Å². The summed E-state index contributed by atoms with van der Waals surface area (Å²) in [6, 6.07) is 9.73. The lowest BCUT2D eigenvalue weighted by Gasteiger charge is -2.10. The highest BCUT2D eigenvalue weighted by molar-refractivity contribution is 7.09. The predicted molar refractivity (Wildman–Crippen MR) is 79.8 cm³/mol. The minimum Gasteiger partial charge on any atom is -0.280 e. The highest BCUT2D eigenvalue weighted by atomic mass is 32.1. The maximum atomic E-state index is 12.0. The predicted octanol–water partition coefficient (Wildman–Crippen LogP) is 2.87. The summed E-state index contributed by atoms with van der Waals surface area (Å²) in [6.45, 7) is 0.831. The van der Waals surface area contributed by atoms with Gasteiger partial charge in [0.25, 0.3) is 0 Å². The third kappa shape index (κ3) is 2.86. The second kappa shape index (κ2) is 5.90. The Labute approximate surface area is 125 Å². The lowest BCUT2D eigenvalue weighted by atomic mass is 10.1. The summed E-state index contributed by atoms with van der Waals surface area (Å²) in [5.41, 5.74) is 9.33. The zero-order valence-corrected chi connectivity index (χ0v) is 11.9. The number of aromatic nitrogens is 2. The van der Waals surface area contributed by atoms with Crippen molar-refractivity contribution in [3.8, 4) is 10.6 Å². The third-order valence-electron chi connectivity index (χ3n) is 3.29. The number of benzene rings is 1. The van der Waals surface area contributed by atoms with Gasteiger partial charge >= 0.3 is 0 Å². The van der Waals surface area contributed by atoms with E-state index in [-0.39, 0.29) is 11.8 Å². The van der Waals surface area contributed by atoms with Crippen LogP contribution in [0.5, 0.6) is 0 Å². The number of amides is 1. The SMILES string of the molecule is [N-]=[N+]=NCC1CC(=O)N(c2nsc(-c3ccccc3)n2)C1. The van der Waals surface area contributed by atoms with Crippen LogP contribution in [0.1, 0.15) is 6.42 Å². The first-order chi connectivity index (χ1) is 10.3. The van der Waals surface area contributed by atoms with Crippen molar-refractivity contribution < 1.29 is 4.79 Å². The molecule has 1 fully saturated rings. The number of nitrogens with zero attached hydrogens (tertiary/aromatic N) is 6. The summed E-state index contributed by atoms with van der Waals surface area (Å²) in [6.07, 6.45) is 0.374. The minimum atomic E-state index is -0.0226. The fourth-order valence-corrected chi connectivity index (χ4v) is 2.94. The first-order valence-electron chi connectivity index (χ1n) is 6.48. The smallest absolute Gasteiger partial charge is 0.244 e. The van der Waals surface area contributed by atoms with E-state index < -0.39 is 0 Å². The highest BCUT2D eigenvalue weighted by Crippen LogP contribution is 2.28. The molecule has 1 amide bonds. The van der Waals surface area contributed by atoms with Crippen LogP contribution in [0.15, 0.2) is 35.4 Å². The second-order valence-corrected chi connectivity index (χ2v) is 5.51. The summed E-state index contributed by atoms with van der Waals surface area (Å²) in [7, 11) is 0. The van der Waals surface area contributed by atoms with Crippen molar-refractivity contribution >= 4 is 23.4 Å². The second-order valence-electron chi connectivity index (χ2n) is 4.75. The van der Waals surface area contributed by atoms with Gasteiger partial charge in [0.2, 0.25) is 11.9 Å². The Balaban J connectivity index is 1.77. The van der Waals surface area contributed by atoms with Gasteiger partial charge in [-0.1, -0.05) is 35.4 Å². The van der Waals surface area contributed by atoms with Gasteiger partial charge in [-0.25, -0.2) is 0 Å². The first-order valence-corrected chi connectivity index (χ1v) is 7.25. The summed E-state index contributed by atoms with van der Waals surface area (Å²) in [4.78, 5) is 20.7. The average Bonchev–Trinajstić information content (AvgIpc) is 3.12. The van der Waals surface area contributed by atoms with Crippen molar-refractivity contribution in [3.05, 3.63) is 40.8 Å². The Morgan fingerprint density at radius 1 is 1.43 bits per heavy atom. The Hall–Kier alpha value is -2.44. The van der Waals surface area contributed by atoms with E-state index in [1.54, 1.807) is 4.90 Å². The summed E-state index contributed by atoms with van der Waals surface area (Å²) in [5, 5.41) is 4.32. The number of anilines is 1. The van der Waals surface area contributed by atoms with Crippen LogP contribution in [0.3, 0.4) is 0 Å². The van der Waals surface area contributed by atoms with Gasteiger partial charge in [-0.15, -0.1) is 0 Å². The average molecular weight is 300 g/mol. The van der Waals surface area contributed by atoms with Crippen LogP contribution in [-0.4, -0.2) is 28.4 Å². The molecule has 0 spiro atoms. The Morgan fingerprint density at radius 2 is 2.24 bits per heavy atom. The van der Waals surface area contributed by atoms with Crippen molar-refractivity contribution in [3.63, 3.8) is 0 Å². The van der Waals surface area contributed by atoms with E-state index >= 15 is 0 Å². The molecule has 1 unspecified atom stereocenters. The molecule has 106 valence electrons. The maximum absolute atomic E-state index is 12.0. The molecule has 1 aliphatic rings. The molecule has 1 atom stereocenters. The van der Waals surface area contributed by atoms with Gasteiger partial charge in [0.15, 0.2) is 0 Å². The monoisotopic (exact) mass is 300 g/mol. The molecule has 7 nitrogen and oxygen atoms in total. The third-order valence-corrected chi connectivity index (χ3v) is 4.04. The molecule has 8 heteroatoms. The van der Waals surface area contributed by atoms with Crippen LogP contribution in [0, 0.1) is 5.92 Å². The van der Waals surface area contributed by atoms with E-state index in [1.165, 1.54) is 11.5 Å². The molecule has 0 bridgehead atoms. The number of rotatable bonds is 4. The summed E-state index contributed by atoms with van der Waals surface area (Å²) >= 11 is 1.27. The lowest BCUT2D eigenvalue weighted by Crippen LogP contribution is -2.25. The normalized spacial score (nSPS) is 17.8.